The van der Waals surface area contributed by atoms with Gasteiger partial charge in [0.2, 0.25) is 0 Å². The fourth-order valence-electron chi connectivity index (χ4n) is 2.59. The van der Waals surface area contributed by atoms with Gasteiger partial charge in [-0.2, -0.15) is 0 Å². The van der Waals surface area contributed by atoms with Crippen LogP contribution in [0.1, 0.15) is 12.5 Å². The van der Waals surface area contributed by atoms with Crippen LogP contribution in [0.3, 0.4) is 0 Å². The fourth-order valence-corrected chi connectivity index (χ4v) is 2.78. The van der Waals surface area contributed by atoms with Gasteiger partial charge in [0.25, 0.3) is 0 Å². The summed E-state index contributed by atoms with van der Waals surface area (Å²) in [5.41, 5.74) is 0.639. The van der Waals surface area contributed by atoms with Crippen molar-refractivity contribution < 1.29 is 9.13 Å². The van der Waals surface area contributed by atoms with Crippen molar-refractivity contribution in [1.82, 2.24) is 10.2 Å². The Bertz CT molecular complexity index is 444. The number of morpholine rings is 1. The Kier molecular flexibility index (Phi) is 5.78. The van der Waals surface area contributed by atoms with Gasteiger partial charge in [-0.3, -0.25) is 0 Å². The van der Waals surface area contributed by atoms with Gasteiger partial charge < -0.3 is 15.0 Å². The van der Waals surface area contributed by atoms with E-state index < -0.39 is 0 Å². The maximum absolute atomic E-state index is 13.9. The molecule has 1 saturated heterocycles. The molecule has 20 heavy (non-hydrogen) atoms. The molecule has 1 heterocycles. The van der Waals surface area contributed by atoms with Gasteiger partial charge in [-0.05, 0) is 43.8 Å². The molecule has 2 rings (SSSR count). The highest BCUT2D eigenvalue weighted by molar-refractivity contribution is 6.30. The molecule has 0 bridgehead atoms. The van der Waals surface area contributed by atoms with Gasteiger partial charge in [0.05, 0.1) is 12.7 Å². The summed E-state index contributed by atoms with van der Waals surface area (Å²) in [5, 5.41) is 3.97. The van der Waals surface area contributed by atoms with E-state index in [-0.39, 0.29) is 18.0 Å². The van der Waals surface area contributed by atoms with Crippen molar-refractivity contribution in [2.75, 3.05) is 33.3 Å². The lowest BCUT2D eigenvalue weighted by Gasteiger charge is -2.35. The highest BCUT2D eigenvalue weighted by Gasteiger charge is 2.27. The summed E-state index contributed by atoms with van der Waals surface area (Å²) in [5.74, 6) is -0.207. The Labute approximate surface area is 125 Å². The second kappa shape index (κ2) is 7.36. The third-order valence-corrected chi connectivity index (χ3v) is 3.89. The molecule has 1 aromatic rings. The Hall–Kier alpha value is -0.680. The van der Waals surface area contributed by atoms with E-state index in [0.29, 0.717) is 17.0 Å². The van der Waals surface area contributed by atoms with Crippen molar-refractivity contribution in [3.05, 3.63) is 34.6 Å². The fraction of sp³-hybridized carbons (Fsp3) is 0.600. The van der Waals surface area contributed by atoms with E-state index in [1.54, 1.807) is 12.1 Å². The third-order valence-electron chi connectivity index (χ3n) is 3.66. The van der Waals surface area contributed by atoms with E-state index in [9.17, 15) is 4.39 Å². The lowest BCUT2D eigenvalue weighted by molar-refractivity contribution is -0.0382. The molecule has 3 nitrogen and oxygen atoms in total. The average Bonchev–Trinajstić information content (AvgIpc) is 2.42. The van der Waals surface area contributed by atoms with E-state index in [0.717, 1.165) is 26.2 Å². The molecule has 1 aliphatic heterocycles. The molecule has 2 atom stereocenters. The van der Waals surface area contributed by atoms with Crippen LogP contribution in [0.15, 0.2) is 18.2 Å². The standard InChI is InChI=1S/C15H22ClFN2O/c1-3-18-14(15-10-19(2)6-7-20-15)9-11-8-12(16)4-5-13(11)17/h4-5,8,14-15,18H,3,6-7,9-10H2,1-2H3. The van der Waals surface area contributed by atoms with Gasteiger partial charge in [-0.1, -0.05) is 18.5 Å². The average molecular weight is 301 g/mol. The summed E-state index contributed by atoms with van der Waals surface area (Å²) in [6.45, 7) is 5.41. The lowest BCUT2D eigenvalue weighted by atomic mass is 9.99. The second-order valence-electron chi connectivity index (χ2n) is 5.28. The Morgan fingerprint density at radius 3 is 3.05 bits per heavy atom. The van der Waals surface area contributed by atoms with Crippen molar-refractivity contribution in [1.29, 1.82) is 0 Å². The molecule has 2 unspecified atom stereocenters. The molecule has 0 aromatic heterocycles. The van der Waals surface area contributed by atoms with E-state index in [1.807, 2.05) is 6.92 Å². The Morgan fingerprint density at radius 2 is 2.35 bits per heavy atom. The number of likely N-dealkylation sites (N-methyl/N-ethyl adjacent to an activating group) is 2. The van der Waals surface area contributed by atoms with Crippen LogP contribution in [0.2, 0.25) is 5.02 Å². The molecule has 0 radical (unpaired) electrons. The molecule has 0 amide bonds. The van der Waals surface area contributed by atoms with Gasteiger partial charge in [0.15, 0.2) is 0 Å². The molecule has 1 aromatic carbocycles. The zero-order valence-electron chi connectivity index (χ0n) is 12.0. The van der Waals surface area contributed by atoms with Gasteiger partial charge >= 0.3 is 0 Å². The number of hydrogen-bond donors (Lipinski definition) is 1. The molecule has 1 aliphatic rings. The van der Waals surface area contributed by atoms with Crippen LogP contribution < -0.4 is 5.32 Å². The SMILES string of the molecule is CCNC(Cc1cc(Cl)ccc1F)C1CN(C)CCO1. The topological polar surface area (TPSA) is 24.5 Å². The van der Waals surface area contributed by atoms with Crippen molar-refractivity contribution in [3.63, 3.8) is 0 Å². The van der Waals surface area contributed by atoms with E-state index >= 15 is 0 Å². The first kappa shape index (κ1) is 15.7. The highest BCUT2D eigenvalue weighted by Crippen LogP contribution is 2.19. The van der Waals surface area contributed by atoms with Crippen molar-refractivity contribution >= 4 is 11.6 Å². The highest BCUT2D eigenvalue weighted by atomic mass is 35.5. The van der Waals surface area contributed by atoms with Crippen molar-refractivity contribution in [2.24, 2.45) is 0 Å². The maximum Gasteiger partial charge on any atom is 0.126 e. The van der Waals surface area contributed by atoms with Crippen LogP contribution >= 0.6 is 11.6 Å². The number of nitrogens with one attached hydrogen (secondary N) is 1. The summed E-state index contributed by atoms with van der Waals surface area (Å²) in [6, 6.07) is 4.80. The third kappa shape index (κ3) is 4.16. The summed E-state index contributed by atoms with van der Waals surface area (Å²) in [4.78, 5) is 2.24. The molecule has 0 aliphatic carbocycles. The van der Waals surface area contributed by atoms with E-state index in [4.69, 9.17) is 16.3 Å². The molecule has 1 N–H and O–H groups in total. The van der Waals surface area contributed by atoms with Crippen LogP contribution in [0.5, 0.6) is 0 Å². The predicted molar refractivity (Wildman–Crippen MR) is 79.8 cm³/mol. The van der Waals surface area contributed by atoms with Crippen molar-refractivity contribution in [2.45, 2.75) is 25.5 Å². The molecule has 0 spiro atoms. The van der Waals surface area contributed by atoms with Crippen LogP contribution in [-0.4, -0.2) is 50.3 Å². The summed E-state index contributed by atoms with van der Waals surface area (Å²) in [7, 11) is 2.08. The summed E-state index contributed by atoms with van der Waals surface area (Å²) < 4.78 is 19.7. The van der Waals surface area contributed by atoms with Gasteiger partial charge in [0.1, 0.15) is 5.82 Å². The molecule has 112 valence electrons. The number of halogens is 2. The van der Waals surface area contributed by atoms with E-state index in [2.05, 4.69) is 17.3 Å². The minimum absolute atomic E-state index is 0.0760. The molecule has 5 heteroatoms. The number of nitrogens with zero attached hydrogens (tertiary/aromatic N) is 1. The largest absolute Gasteiger partial charge is 0.374 e. The zero-order valence-corrected chi connectivity index (χ0v) is 12.8. The maximum atomic E-state index is 13.9. The summed E-state index contributed by atoms with van der Waals surface area (Å²) in [6.07, 6.45) is 0.658. The Balaban J connectivity index is 2.10. The molecular formula is C15H22ClFN2O. The first-order chi connectivity index (χ1) is 9.60. The van der Waals surface area contributed by atoms with Crippen LogP contribution in [0, 0.1) is 5.82 Å². The molecule has 0 saturated carbocycles. The minimum atomic E-state index is -0.207. The second-order valence-corrected chi connectivity index (χ2v) is 5.71. The molecule has 1 fully saturated rings. The number of rotatable bonds is 5. The first-order valence-corrected chi connectivity index (χ1v) is 7.45. The smallest absolute Gasteiger partial charge is 0.126 e. The van der Waals surface area contributed by atoms with E-state index in [1.165, 1.54) is 6.07 Å². The number of hydrogen-bond acceptors (Lipinski definition) is 3. The molecular weight excluding hydrogens is 279 g/mol. The monoisotopic (exact) mass is 300 g/mol. The quantitative estimate of drug-likeness (QED) is 0.903. The number of ether oxygens (including phenoxy) is 1. The first-order valence-electron chi connectivity index (χ1n) is 7.07. The van der Waals surface area contributed by atoms with Gasteiger partial charge in [-0.15, -0.1) is 0 Å². The predicted octanol–water partition coefficient (Wildman–Crippen LogP) is 2.33. The summed E-state index contributed by atoms with van der Waals surface area (Å²) >= 11 is 5.96. The van der Waals surface area contributed by atoms with Crippen LogP contribution in [-0.2, 0) is 11.2 Å². The van der Waals surface area contributed by atoms with Gasteiger partial charge in [0, 0.05) is 24.2 Å². The van der Waals surface area contributed by atoms with Gasteiger partial charge in [-0.25, -0.2) is 4.39 Å². The number of benzene rings is 1. The van der Waals surface area contributed by atoms with Crippen molar-refractivity contribution in [3.8, 4) is 0 Å². The normalized spacial score (nSPS) is 21.9. The zero-order chi connectivity index (χ0) is 14.5. The van der Waals surface area contributed by atoms with Crippen LogP contribution in [0.4, 0.5) is 4.39 Å². The Morgan fingerprint density at radius 1 is 1.55 bits per heavy atom. The minimum Gasteiger partial charge on any atom is -0.374 e. The lowest BCUT2D eigenvalue weighted by Crippen LogP contribution is -2.52. The van der Waals surface area contributed by atoms with Crippen LogP contribution in [0.25, 0.3) is 0 Å².